The van der Waals surface area contributed by atoms with Gasteiger partial charge in [-0.2, -0.15) is 0 Å². The minimum atomic E-state index is -0.365. The maximum absolute atomic E-state index is 12.4. The third-order valence-corrected chi connectivity index (χ3v) is 4.97. The molecule has 0 unspecified atom stereocenters. The van der Waals surface area contributed by atoms with E-state index in [1.54, 1.807) is 11.1 Å². The van der Waals surface area contributed by atoms with Crippen molar-refractivity contribution in [2.24, 2.45) is 0 Å². The van der Waals surface area contributed by atoms with Crippen LogP contribution in [0.4, 0.5) is 5.69 Å². The van der Waals surface area contributed by atoms with Gasteiger partial charge in [0.05, 0.1) is 38.3 Å². The molecule has 7 heteroatoms. The number of aromatic nitrogens is 1. The SMILES string of the molecule is O=C(c1ccc(N2CCC3(CC2)OCCO3)cn1)N1CCOCC1. The Hall–Kier alpha value is -1.70. The molecule has 1 aromatic heterocycles. The van der Waals surface area contributed by atoms with Crippen LogP contribution in [0.5, 0.6) is 0 Å². The highest BCUT2D eigenvalue weighted by atomic mass is 16.7. The van der Waals surface area contributed by atoms with Gasteiger partial charge in [0.2, 0.25) is 0 Å². The van der Waals surface area contributed by atoms with Gasteiger partial charge in [-0.1, -0.05) is 0 Å². The first-order valence-corrected chi connectivity index (χ1v) is 8.62. The van der Waals surface area contributed by atoms with Crippen LogP contribution >= 0.6 is 0 Å². The number of ether oxygens (including phenoxy) is 3. The van der Waals surface area contributed by atoms with E-state index in [2.05, 4.69) is 9.88 Å². The van der Waals surface area contributed by atoms with Gasteiger partial charge >= 0.3 is 0 Å². The minimum absolute atomic E-state index is 0.0183. The molecule has 7 nitrogen and oxygen atoms in total. The molecule has 0 radical (unpaired) electrons. The van der Waals surface area contributed by atoms with Crippen LogP contribution in [0.3, 0.4) is 0 Å². The van der Waals surface area contributed by atoms with E-state index in [9.17, 15) is 4.79 Å². The summed E-state index contributed by atoms with van der Waals surface area (Å²) < 4.78 is 16.8. The average Bonchev–Trinajstić information content (AvgIpc) is 3.11. The molecule has 130 valence electrons. The van der Waals surface area contributed by atoms with Crippen molar-refractivity contribution in [1.82, 2.24) is 9.88 Å². The van der Waals surface area contributed by atoms with Gasteiger partial charge in [0.15, 0.2) is 5.79 Å². The molecule has 1 aromatic rings. The average molecular weight is 333 g/mol. The van der Waals surface area contributed by atoms with Crippen molar-refractivity contribution in [3.8, 4) is 0 Å². The fraction of sp³-hybridized carbons (Fsp3) is 0.647. The van der Waals surface area contributed by atoms with Gasteiger partial charge < -0.3 is 24.0 Å². The molecule has 0 bridgehead atoms. The van der Waals surface area contributed by atoms with Crippen LogP contribution in [-0.4, -0.2) is 74.2 Å². The van der Waals surface area contributed by atoms with Gasteiger partial charge in [-0.05, 0) is 12.1 Å². The van der Waals surface area contributed by atoms with Crippen molar-refractivity contribution >= 4 is 11.6 Å². The number of anilines is 1. The van der Waals surface area contributed by atoms with Crippen molar-refractivity contribution in [3.63, 3.8) is 0 Å². The molecule has 0 N–H and O–H groups in total. The monoisotopic (exact) mass is 333 g/mol. The second-order valence-electron chi connectivity index (χ2n) is 6.40. The Kier molecular flexibility index (Phi) is 4.39. The maximum atomic E-state index is 12.4. The highest BCUT2D eigenvalue weighted by Crippen LogP contribution is 2.33. The van der Waals surface area contributed by atoms with Gasteiger partial charge in [0, 0.05) is 39.0 Å². The van der Waals surface area contributed by atoms with E-state index in [0.29, 0.717) is 45.2 Å². The van der Waals surface area contributed by atoms with Gasteiger partial charge in [-0.15, -0.1) is 0 Å². The fourth-order valence-corrected chi connectivity index (χ4v) is 3.52. The number of hydrogen-bond acceptors (Lipinski definition) is 6. The summed E-state index contributed by atoms with van der Waals surface area (Å²) in [5, 5.41) is 0. The third kappa shape index (κ3) is 3.11. The predicted molar refractivity (Wildman–Crippen MR) is 87.0 cm³/mol. The first kappa shape index (κ1) is 15.8. The third-order valence-electron chi connectivity index (χ3n) is 4.97. The van der Waals surface area contributed by atoms with Crippen molar-refractivity contribution in [3.05, 3.63) is 24.0 Å². The summed E-state index contributed by atoms with van der Waals surface area (Å²) in [6, 6.07) is 3.80. The van der Waals surface area contributed by atoms with Gasteiger partial charge in [-0.25, -0.2) is 4.98 Å². The Morgan fingerprint density at radius 2 is 1.71 bits per heavy atom. The van der Waals surface area contributed by atoms with E-state index in [-0.39, 0.29) is 11.7 Å². The van der Waals surface area contributed by atoms with Crippen molar-refractivity contribution < 1.29 is 19.0 Å². The van der Waals surface area contributed by atoms with Crippen molar-refractivity contribution in [1.29, 1.82) is 0 Å². The van der Waals surface area contributed by atoms with E-state index >= 15 is 0 Å². The van der Waals surface area contributed by atoms with E-state index in [0.717, 1.165) is 31.6 Å². The predicted octanol–water partition coefficient (Wildman–Crippen LogP) is 0.897. The van der Waals surface area contributed by atoms with Gasteiger partial charge in [0.1, 0.15) is 5.69 Å². The fourth-order valence-electron chi connectivity index (χ4n) is 3.52. The number of carbonyl (C=O) groups excluding carboxylic acids is 1. The maximum Gasteiger partial charge on any atom is 0.272 e. The van der Waals surface area contributed by atoms with E-state index in [1.807, 2.05) is 12.1 Å². The Balaban J connectivity index is 1.38. The minimum Gasteiger partial charge on any atom is -0.378 e. The second kappa shape index (κ2) is 6.66. The zero-order valence-electron chi connectivity index (χ0n) is 13.8. The molecule has 0 aromatic carbocycles. The summed E-state index contributed by atoms with van der Waals surface area (Å²) in [5.74, 6) is -0.383. The second-order valence-corrected chi connectivity index (χ2v) is 6.40. The summed E-state index contributed by atoms with van der Waals surface area (Å²) in [5.41, 5.74) is 1.54. The van der Waals surface area contributed by atoms with Crippen LogP contribution in [0.25, 0.3) is 0 Å². The summed E-state index contributed by atoms with van der Waals surface area (Å²) >= 11 is 0. The van der Waals surface area contributed by atoms with E-state index in [4.69, 9.17) is 14.2 Å². The summed E-state index contributed by atoms with van der Waals surface area (Å²) in [6.45, 7) is 5.61. The van der Waals surface area contributed by atoms with Crippen LogP contribution in [0.15, 0.2) is 18.3 Å². The first-order valence-electron chi connectivity index (χ1n) is 8.62. The van der Waals surface area contributed by atoms with Crippen LogP contribution in [0, 0.1) is 0 Å². The van der Waals surface area contributed by atoms with Gasteiger partial charge in [-0.3, -0.25) is 4.79 Å². The highest BCUT2D eigenvalue weighted by molar-refractivity contribution is 5.92. The van der Waals surface area contributed by atoms with Crippen LogP contribution < -0.4 is 4.90 Å². The molecular formula is C17H23N3O4. The number of amides is 1. The Morgan fingerprint density at radius 1 is 1.00 bits per heavy atom. The molecule has 24 heavy (non-hydrogen) atoms. The van der Waals surface area contributed by atoms with Crippen molar-refractivity contribution in [2.75, 3.05) is 57.5 Å². The van der Waals surface area contributed by atoms with Crippen LogP contribution in [-0.2, 0) is 14.2 Å². The Morgan fingerprint density at radius 3 is 2.33 bits per heavy atom. The highest BCUT2D eigenvalue weighted by Gasteiger charge is 2.39. The lowest BCUT2D eigenvalue weighted by atomic mass is 10.0. The lowest BCUT2D eigenvalue weighted by Gasteiger charge is -2.38. The molecule has 0 saturated carbocycles. The van der Waals surface area contributed by atoms with Crippen LogP contribution in [0.1, 0.15) is 23.3 Å². The summed E-state index contributed by atoms with van der Waals surface area (Å²) in [7, 11) is 0. The summed E-state index contributed by atoms with van der Waals surface area (Å²) in [6.07, 6.45) is 3.52. The molecule has 4 rings (SSSR count). The number of nitrogens with zero attached hydrogens (tertiary/aromatic N) is 3. The lowest BCUT2D eigenvalue weighted by molar-refractivity contribution is -0.169. The lowest BCUT2D eigenvalue weighted by Crippen LogP contribution is -2.45. The number of hydrogen-bond donors (Lipinski definition) is 0. The quantitative estimate of drug-likeness (QED) is 0.801. The zero-order chi connectivity index (χ0) is 16.4. The molecule has 3 aliphatic heterocycles. The van der Waals surface area contributed by atoms with Crippen molar-refractivity contribution in [2.45, 2.75) is 18.6 Å². The van der Waals surface area contributed by atoms with E-state index < -0.39 is 0 Å². The zero-order valence-corrected chi connectivity index (χ0v) is 13.8. The number of morpholine rings is 1. The van der Waals surface area contributed by atoms with Gasteiger partial charge in [0.25, 0.3) is 5.91 Å². The molecular weight excluding hydrogens is 310 g/mol. The van der Waals surface area contributed by atoms with E-state index in [1.165, 1.54) is 0 Å². The number of carbonyl (C=O) groups is 1. The Bertz CT molecular complexity index is 570. The molecule has 4 heterocycles. The molecule has 0 atom stereocenters. The topological polar surface area (TPSA) is 64.1 Å². The smallest absolute Gasteiger partial charge is 0.272 e. The first-order chi connectivity index (χ1) is 11.8. The largest absolute Gasteiger partial charge is 0.378 e. The molecule has 1 spiro atoms. The molecule has 3 saturated heterocycles. The number of rotatable bonds is 2. The molecule has 0 aliphatic carbocycles. The number of pyridine rings is 1. The standard InChI is InChI=1S/C17H23N3O4/c21-16(20-7-9-22-10-8-20)15-2-1-14(13-18-15)19-5-3-17(4-6-19)23-11-12-24-17/h1-2,13H,3-12H2. The normalized spacial score (nSPS) is 23.7. The summed E-state index contributed by atoms with van der Waals surface area (Å²) in [4.78, 5) is 20.9. The molecule has 3 fully saturated rings. The Labute approximate surface area is 141 Å². The molecule has 1 amide bonds. The number of piperidine rings is 1. The molecule has 3 aliphatic rings. The van der Waals surface area contributed by atoms with Crippen LogP contribution in [0.2, 0.25) is 0 Å².